The standard InChI is InChI=1S/C18H24N2O4/c1-4-10-23-14-9-7-6-8-13(14)16-15(17(21)24-11-5-2)12(3)19-18(22)20-16/h6-9,16H,4-5,10-11H2,1-3H3,(H2,19,20,22)/t16-/m1/s1. The van der Waals surface area contributed by atoms with Crippen LogP contribution in [-0.2, 0) is 9.53 Å². The molecule has 24 heavy (non-hydrogen) atoms. The van der Waals surface area contributed by atoms with Crippen molar-refractivity contribution in [2.45, 2.75) is 39.7 Å². The van der Waals surface area contributed by atoms with E-state index in [0.29, 0.717) is 30.2 Å². The highest BCUT2D eigenvalue weighted by atomic mass is 16.5. The van der Waals surface area contributed by atoms with Gasteiger partial charge in [0.2, 0.25) is 0 Å². The smallest absolute Gasteiger partial charge is 0.338 e. The van der Waals surface area contributed by atoms with E-state index in [1.165, 1.54) is 0 Å². The van der Waals surface area contributed by atoms with Crippen molar-refractivity contribution in [2.75, 3.05) is 13.2 Å². The van der Waals surface area contributed by atoms with Crippen molar-refractivity contribution in [3.63, 3.8) is 0 Å². The first-order chi connectivity index (χ1) is 11.6. The molecule has 0 spiro atoms. The molecule has 0 aromatic heterocycles. The largest absolute Gasteiger partial charge is 0.493 e. The minimum Gasteiger partial charge on any atom is -0.493 e. The van der Waals surface area contributed by atoms with Crippen LogP contribution in [0.2, 0.25) is 0 Å². The van der Waals surface area contributed by atoms with Crippen LogP contribution >= 0.6 is 0 Å². The molecule has 6 heteroatoms. The fraction of sp³-hybridized carbons (Fsp3) is 0.444. The minimum absolute atomic E-state index is 0.338. The summed E-state index contributed by atoms with van der Waals surface area (Å²) < 4.78 is 11.1. The topological polar surface area (TPSA) is 76.7 Å². The van der Waals surface area contributed by atoms with Gasteiger partial charge in [-0.15, -0.1) is 0 Å². The number of nitrogens with one attached hydrogen (secondary N) is 2. The predicted octanol–water partition coefficient (Wildman–Crippen LogP) is 3.06. The van der Waals surface area contributed by atoms with Crippen LogP contribution in [0, 0.1) is 0 Å². The van der Waals surface area contributed by atoms with E-state index in [9.17, 15) is 9.59 Å². The van der Waals surface area contributed by atoms with E-state index < -0.39 is 12.0 Å². The molecule has 0 aliphatic carbocycles. The SMILES string of the molecule is CCCOC(=O)C1=C(C)NC(=O)N[C@@H]1c1ccccc1OCCC. The molecule has 1 aliphatic heterocycles. The normalized spacial score (nSPS) is 17.1. The summed E-state index contributed by atoms with van der Waals surface area (Å²) in [5.74, 6) is 0.220. The van der Waals surface area contributed by atoms with Gasteiger partial charge in [0.1, 0.15) is 5.75 Å². The summed E-state index contributed by atoms with van der Waals surface area (Å²) in [6.45, 7) is 6.55. The fourth-order valence-electron chi connectivity index (χ4n) is 2.53. The van der Waals surface area contributed by atoms with Crippen molar-refractivity contribution in [1.82, 2.24) is 10.6 Å². The van der Waals surface area contributed by atoms with E-state index in [-0.39, 0.29) is 6.03 Å². The zero-order valence-electron chi connectivity index (χ0n) is 14.3. The summed E-state index contributed by atoms with van der Waals surface area (Å²) >= 11 is 0. The van der Waals surface area contributed by atoms with E-state index in [1.807, 2.05) is 38.1 Å². The monoisotopic (exact) mass is 332 g/mol. The Morgan fingerprint density at radius 3 is 2.58 bits per heavy atom. The number of para-hydroxylation sites is 1. The third-order valence-corrected chi connectivity index (χ3v) is 3.62. The molecule has 1 heterocycles. The molecule has 0 saturated carbocycles. The van der Waals surface area contributed by atoms with Gasteiger partial charge in [-0.3, -0.25) is 0 Å². The Morgan fingerprint density at radius 2 is 1.88 bits per heavy atom. The average Bonchev–Trinajstić information content (AvgIpc) is 2.57. The number of rotatable bonds is 7. The summed E-state index contributed by atoms with van der Waals surface area (Å²) in [6.07, 6.45) is 1.60. The van der Waals surface area contributed by atoms with Gasteiger partial charge in [0.05, 0.1) is 24.8 Å². The molecular weight excluding hydrogens is 308 g/mol. The van der Waals surface area contributed by atoms with Gasteiger partial charge in [-0.05, 0) is 25.8 Å². The maximum Gasteiger partial charge on any atom is 0.338 e. The number of ether oxygens (including phenoxy) is 2. The number of allylic oxidation sites excluding steroid dienone is 1. The molecular formula is C18H24N2O4. The molecule has 6 nitrogen and oxygen atoms in total. The van der Waals surface area contributed by atoms with Crippen LogP contribution in [0.15, 0.2) is 35.5 Å². The molecule has 1 aromatic rings. The zero-order valence-corrected chi connectivity index (χ0v) is 14.3. The van der Waals surface area contributed by atoms with Gasteiger partial charge < -0.3 is 20.1 Å². The highest BCUT2D eigenvalue weighted by molar-refractivity contribution is 5.95. The average molecular weight is 332 g/mol. The third-order valence-electron chi connectivity index (χ3n) is 3.62. The lowest BCUT2D eigenvalue weighted by Crippen LogP contribution is -2.45. The number of carbonyl (C=O) groups is 2. The molecule has 0 bridgehead atoms. The first-order valence-electron chi connectivity index (χ1n) is 8.25. The third kappa shape index (κ3) is 4.07. The van der Waals surface area contributed by atoms with Crippen LogP contribution in [0.25, 0.3) is 0 Å². The molecule has 0 fully saturated rings. The lowest BCUT2D eigenvalue weighted by molar-refractivity contribution is -0.139. The van der Waals surface area contributed by atoms with Crippen molar-refractivity contribution in [1.29, 1.82) is 0 Å². The Morgan fingerprint density at radius 1 is 1.17 bits per heavy atom. The lowest BCUT2D eigenvalue weighted by atomic mass is 9.95. The molecule has 130 valence electrons. The molecule has 0 radical (unpaired) electrons. The van der Waals surface area contributed by atoms with Crippen LogP contribution in [0.5, 0.6) is 5.75 Å². The maximum atomic E-state index is 12.5. The van der Waals surface area contributed by atoms with Crippen LogP contribution in [0.4, 0.5) is 4.79 Å². The Labute approximate surface area is 142 Å². The number of hydrogen-bond donors (Lipinski definition) is 2. The number of hydrogen-bond acceptors (Lipinski definition) is 4. The summed E-state index contributed by atoms with van der Waals surface area (Å²) in [4.78, 5) is 24.4. The lowest BCUT2D eigenvalue weighted by Gasteiger charge is -2.29. The van der Waals surface area contributed by atoms with Crippen LogP contribution in [-0.4, -0.2) is 25.2 Å². The van der Waals surface area contributed by atoms with Gasteiger partial charge in [-0.25, -0.2) is 9.59 Å². The fourth-order valence-corrected chi connectivity index (χ4v) is 2.53. The van der Waals surface area contributed by atoms with E-state index in [2.05, 4.69) is 10.6 Å². The van der Waals surface area contributed by atoms with Crippen LogP contribution < -0.4 is 15.4 Å². The van der Waals surface area contributed by atoms with Gasteiger partial charge >= 0.3 is 12.0 Å². The molecule has 0 saturated heterocycles. The molecule has 2 rings (SSSR count). The summed E-state index contributed by atoms with van der Waals surface area (Å²) in [7, 11) is 0. The van der Waals surface area contributed by atoms with E-state index in [4.69, 9.17) is 9.47 Å². The van der Waals surface area contributed by atoms with Gasteiger partial charge in [-0.2, -0.15) is 0 Å². The molecule has 2 N–H and O–H groups in total. The maximum absolute atomic E-state index is 12.5. The van der Waals surface area contributed by atoms with E-state index in [0.717, 1.165) is 18.4 Å². The van der Waals surface area contributed by atoms with Gasteiger partial charge in [0, 0.05) is 11.3 Å². The first kappa shape index (κ1) is 17.8. The van der Waals surface area contributed by atoms with Crippen LogP contribution in [0.3, 0.4) is 0 Å². The minimum atomic E-state index is -0.601. The number of amides is 2. The summed E-state index contributed by atoms with van der Waals surface area (Å²) in [6, 6.07) is 6.45. The second-order valence-electron chi connectivity index (χ2n) is 5.59. The Hall–Kier alpha value is -2.50. The second-order valence-corrected chi connectivity index (χ2v) is 5.59. The number of benzene rings is 1. The van der Waals surface area contributed by atoms with Gasteiger partial charge in [0.15, 0.2) is 0 Å². The highest BCUT2D eigenvalue weighted by Crippen LogP contribution is 2.33. The molecule has 1 aliphatic rings. The quantitative estimate of drug-likeness (QED) is 0.752. The van der Waals surface area contributed by atoms with E-state index >= 15 is 0 Å². The van der Waals surface area contributed by atoms with Gasteiger partial charge in [-0.1, -0.05) is 32.0 Å². The highest BCUT2D eigenvalue weighted by Gasteiger charge is 2.33. The van der Waals surface area contributed by atoms with Crippen molar-refractivity contribution >= 4 is 12.0 Å². The molecule has 0 unspecified atom stereocenters. The Kier molecular flexibility index (Phi) is 6.23. The second kappa shape index (κ2) is 8.38. The predicted molar refractivity (Wildman–Crippen MR) is 90.6 cm³/mol. The summed E-state index contributed by atoms with van der Waals surface area (Å²) in [5.41, 5.74) is 1.63. The molecule has 1 aromatic carbocycles. The number of carbonyl (C=O) groups excluding carboxylic acids is 2. The van der Waals surface area contributed by atoms with Crippen LogP contribution in [0.1, 0.15) is 45.2 Å². The zero-order chi connectivity index (χ0) is 17.5. The Balaban J connectivity index is 2.40. The Bertz CT molecular complexity index is 640. The van der Waals surface area contributed by atoms with Gasteiger partial charge in [0.25, 0.3) is 0 Å². The van der Waals surface area contributed by atoms with Crippen molar-refractivity contribution < 1.29 is 19.1 Å². The first-order valence-corrected chi connectivity index (χ1v) is 8.25. The summed E-state index contributed by atoms with van der Waals surface area (Å²) in [5, 5.41) is 5.44. The van der Waals surface area contributed by atoms with E-state index in [1.54, 1.807) is 6.92 Å². The van der Waals surface area contributed by atoms with Crippen molar-refractivity contribution in [2.24, 2.45) is 0 Å². The van der Waals surface area contributed by atoms with Crippen molar-refractivity contribution in [3.05, 3.63) is 41.1 Å². The van der Waals surface area contributed by atoms with Crippen molar-refractivity contribution in [3.8, 4) is 5.75 Å². The number of urea groups is 1. The molecule has 1 atom stereocenters. The molecule has 2 amide bonds. The number of esters is 1.